The van der Waals surface area contributed by atoms with E-state index >= 15 is 0 Å². The quantitative estimate of drug-likeness (QED) is 0.177. The van der Waals surface area contributed by atoms with E-state index in [9.17, 15) is 18.1 Å². The van der Waals surface area contributed by atoms with E-state index in [1.54, 1.807) is 6.92 Å². The summed E-state index contributed by atoms with van der Waals surface area (Å²) in [6.07, 6.45) is 19.8. The number of hydrogen-bond acceptors (Lipinski definition) is 4. The molecule has 0 aliphatic rings. The Morgan fingerprint density at radius 1 is 0.679 bits per heavy atom. The van der Waals surface area contributed by atoms with Crippen molar-refractivity contribution in [3.8, 4) is 0 Å². The molecule has 0 aliphatic heterocycles. The van der Waals surface area contributed by atoms with Crippen LogP contribution >= 0.6 is 0 Å². The van der Waals surface area contributed by atoms with Crippen LogP contribution in [0.1, 0.15) is 129 Å². The summed E-state index contributed by atoms with van der Waals surface area (Å²) in [5.74, 6) is 0. The van der Waals surface area contributed by atoms with E-state index in [1.807, 2.05) is 0 Å². The molecule has 0 aromatic rings. The van der Waals surface area contributed by atoms with Gasteiger partial charge < -0.3 is 9.66 Å². The van der Waals surface area contributed by atoms with Crippen LogP contribution in [0.4, 0.5) is 0 Å². The molecule has 0 amide bonds. The van der Waals surface area contributed by atoms with E-state index in [-0.39, 0.29) is 51.4 Å². The maximum atomic E-state index is 11.2. The molecule has 0 heterocycles. The van der Waals surface area contributed by atoms with Gasteiger partial charge in [0, 0.05) is 0 Å². The molecule has 0 saturated heterocycles. The monoisotopic (exact) mass is 444 g/mol. The van der Waals surface area contributed by atoms with Crippen molar-refractivity contribution in [2.75, 3.05) is 0 Å². The third kappa shape index (κ3) is 19.5. The Hall–Kier alpha value is 1.51. The molecular weight excluding hydrogens is 399 g/mol. The van der Waals surface area contributed by atoms with Crippen molar-refractivity contribution in [1.29, 1.82) is 0 Å². The minimum atomic E-state index is -4.40. The molecule has 164 valence electrons. The molecule has 0 aromatic carbocycles. The van der Waals surface area contributed by atoms with Crippen molar-refractivity contribution < 1.29 is 69.5 Å². The summed E-state index contributed by atoms with van der Waals surface area (Å²) in [5, 5.41) is 8.57. The molecule has 0 aliphatic carbocycles. The Kier molecular flexibility index (Phi) is 24.6. The molecule has 0 rings (SSSR count). The van der Waals surface area contributed by atoms with E-state index in [0.717, 1.165) is 12.8 Å². The van der Waals surface area contributed by atoms with Gasteiger partial charge in [0.05, 0.1) is 11.4 Å². The second-order valence-corrected chi connectivity index (χ2v) is 9.69. The van der Waals surface area contributed by atoms with Crippen LogP contribution < -0.4 is 51.4 Å². The fourth-order valence-electron chi connectivity index (χ4n) is 3.69. The standard InChI is InChI=1S/C22H46O4S.K/c1-3-5-6-7-8-9-10-11-12-13-14-15-16-17-18-19-20-22(21(23)4-2)27(24,25)26;/h21-23H,3-20H2,1-2H3,(H,24,25,26);/q;+1/p-1. The third-order valence-electron chi connectivity index (χ3n) is 5.56. The van der Waals surface area contributed by atoms with Gasteiger partial charge in [-0.1, -0.05) is 117 Å². The van der Waals surface area contributed by atoms with Crippen LogP contribution in [-0.4, -0.2) is 29.4 Å². The molecule has 4 nitrogen and oxygen atoms in total. The van der Waals surface area contributed by atoms with E-state index in [2.05, 4.69) is 6.92 Å². The van der Waals surface area contributed by atoms with Crippen LogP contribution in [0.25, 0.3) is 0 Å². The van der Waals surface area contributed by atoms with Gasteiger partial charge in [0.1, 0.15) is 10.1 Å². The Morgan fingerprint density at radius 3 is 1.29 bits per heavy atom. The Morgan fingerprint density at radius 2 is 1.00 bits per heavy atom. The molecular formula is C22H45KO4S. The van der Waals surface area contributed by atoms with Gasteiger partial charge in [-0.2, -0.15) is 0 Å². The molecule has 0 fully saturated rings. The fourth-order valence-corrected chi connectivity index (χ4v) is 4.72. The van der Waals surface area contributed by atoms with Crippen LogP contribution in [0, 0.1) is 0 Å². The predicted molar refractivity (Wildman–Crippen MR) is 114 cm³/mol. The largest absolute Gasteiger partial charge is 1.00 e. The summed E-state index contributed by atoms with van der Waals surface area (Å²) >= 11 is 0. The molecule has 0 aromatic heterocycles. The van der Waals surface area contributed by atoms with Crippen LogP contribution in [-0.2, 0) is 10.1 Å². The summed E-state index contributed by atoms with van der Waals surface area (Å²) in [5.41, 5.74) is 0. The van der Waals surface area contributed by atoms with Crippen molar-refractivity contribution in [1.82, 2.24) is 0 Å². The fraction of sp³-hybridized carbons (Fsp3) is 1.00. The van der Waals surface area contributed by atoms with E-state index < -0.39 is 21.5 Å². The first kappa shape index (κ1) is 31.7. The second kappa shape index (κ2) is 21.7. The molecule has 0 radical (unpaired) electrons. The van der Waals surface area contributed by atoms with E-state index in [1.165, 1.54) is 83.5 Å². The maximum Gasteiger partial charge on any atom is 1.00 e. The maximum absolute atomic E-state index is 11.2. The molecule has 0 bridgehead atoms. The number of hydrogen-bond donors (Lipinski definition) is 1. The zero-order valence-corrected chi connectivity index (χ0v) is 22.9. The van der Waals surface area contributed by atoms with Crippen molar-refractivity contribution in [2.24, 2.45) is 0 Å². The van der Waals surface area contributed by atoms with Crippen LogP contribution in [0.2, 0.25) is 0 Å². The van der Waals surface area contributed by atoms with Crippen molar-refractivity contribution in [2.45, 2.75) is 141 Å². The average Bonchev–Trinajstić information content (AvgIpc) is 2.62. The van der Waals surface area contributed by atoms with E-state index in [0.29, 0.717) is 19.3 Å². The summed E-state index contributed by atoms with van der Waals surface area (Å²) in [6.45, 7) is 3.96. The average molecular weight is 445 g/mol. The summed E-state index contributed by atoms with van der Waals surface area (Å²) in [4.78, 5) is 0. The van der Waals surface area contributed by atoms with Crippen LogP contribution in [0.3, 0.4) is 0 Å². The summed E-state index contributed by atoms with van der Waals surface area (Å²) in [6, 6.07) is 0. The molecule has 2 atom stereocenters. The van der Waals surface area contributed by atoms with Crippen LogP contribution in [0.5, 0.6) is 0 Å². The molecule has 2 unspecified atom stereocenters. The Bertz CT molecular complexity index is 415. The SMILES string of the molecule is CCCCCCCCCCCCCCCCCCC(C(O)CC)S(=O)(=O)[O-].[K+]. The number of unbranched alkanes of at least 4 members (excludes halogenated alkanes) is 15. The third-order valence-corrected chi connectivity index (χ3v) is 6.85. The van der Waals surface area contributed by atoms with Gasteiger partial charge in [0.2, 0.25) is 0 Å². The molecule has 6 heteroatoms. The van der Waals surface area contributed by atoms with Crippen molar-refractivity contribution in [3.05, 3.63) is 0 Å². The molecule has 0 saturated carbocycles. The number of aliphatic hydroxyl groups is 1. The zero-order chi connectivity index (χ0) is 20.4. The van der Waals surface area contributed by atoms with E-state index in [4.69, 9.17) is 0 Å². The van der Waals surface area contributed by atoms with Gasteiger partial charge >= 0.3 is 51.4 Å². The zero-order valence-electron chi connectivity index (χ0n) is 19.0. The topological polar surface area (TPSA) is 77.4 Å². The number of aliphatic hydroxyl groups excluding tert-OH is 1. The van der Waals surface area contributed by atoms with Crippen molar-refractivity contribution >= 4 is 10.1 Å². The van der Waals surface area contributed by atoms with Gasteiger partial charge in [0.15, 0.2) is 0 Å². The Labute approximate surface area is 218 Å². The summed E-state index contributed by atoms with van der Waals surface area (Å²) in [7, 11) is -4.40. The second-order valence-electron chi connectivity index (χ2n) is 8.10. The smallest absolute Gasteiger partial charge is 0.748 e. The summed E-state index contributed by atoms with van der Waals surface area (Å²) < 4.78 is 33.6. The number of rotatable bonds is 20. The van der Waals surface area contributed by atoms with Gasteiger partial charge in [-0.15, -0.1) is 0 Å². The minimum Gasteiger partial charge on any atom is -0.748 e. The first-order valence-electron chi connectivity index (χ1n) is 11.6. The van der Waals surface area contributed by atoms with Gasteiger partial charge in [-0.25, -0.2) is 8.42 Å². The Balaban J connectivity index is 0. The van der Waals surface area contributed by atoms with Crippen molar-refractivity contribution in [3.63, 3.8) is 0 Å². The van der Waals surface area contributed by atoms with Gasteiger partial charge in [-0.05, 0) is 12.8 Å². The molecule has 1 N–H and O–H groups in total. The molecule has 0 spiro atoms. The first-order valence-corrected chi connectivity index (χ1v) is 13.0. The van der Waals surface area contributed by atoms with Crippen LogP contribution in [0.15, 0.2) is 0 Å². The molecule has 28 heavy (non-hydrogen) atoms. The predicted octanol–water partition coefficient (Wildman–Crippen LogP) is 3.33. The van der Waals surface area contributed by atoms with Gasteiger partial charge in [0.25, 0.3) is 0 Å². The minimum absolute atomic E-state index is 0. The first-order chi connectivity index (χ1) is 12.9. The normalized spacial score (nSPS) is 13.9. The van der Waals surface area contributed by atoms with Gasteiger partial charge in [-0.3, -0.25) is 0 Å².